The van der Waals surface area contributed by atoms with E-state index in [0.717, 1.165) is 50.7 Å². The fraction of sp³-hybridized carbons (Fsp3) is 0.273. The average molecular weight is 544 g/mol. The maximum atomic E-state index is 12.4. The molecule has 3 aliphatic heterocycles. The number of aromatic nitrogens is 2. The summed E-state index contributed by atoms with van der Waals surface area (Å²) in [6.07, 6.45) is 5.06. The molecular weight excluding hydrogens is 522 g/mol. The van der Waals surface area contributed by atoms with E-state index in [1.165, 1.54) is 6.08 Å². The van der Waals surface area contributed by atoms with Crippen molar-refractivity contribution in [3.05, 3.63) is 72.0 Å². The molecule has 0 radical (unpaired) electrons. The van der Waals surface area contributed by atoms with E-state index in [-0.39, 0.29) is 28.6 Å². The Labute approximate surface area is 214 Å². The number of carbonyl (C=O) groups excluding carboxylic acids is 2. The van der Waals surface area contributed by atoms with Gasteiger partial charge in [0.05, 0.1) is 32.0 Å². The third-order valence-corrected chi connectivity index (χ3v) is 5.08. The zero-order valence-corrected chi connectivity index (χ0v) is 20.3. The molecule has 0 unspecified atom stereocenters. The summed E-state index contributed by atoms with van der Waals surface area (Å²) in [5, 5.41) is 0. The Hall–Kier alpha value is -2.83. The molecule has 2 aromatic heterocycles. The zero-order valence-electron chi connectivity index (χ0n) is 18.4. The summed E-state index contributed by atoms with van der Waals surface area (Å²) in [7, 11) is -4.69. The van der Waals surface area contributed by atoms with Crippen molar-refractivity contribution in [3.63, 3.8) is 0 Å². The van der Waals surface area contributed by atoms with E-state index in [1.807, 2.05) is 51.1 Å². The van der Waals surface area contributed by atoms with Crippen molar-refractivity contribution in [1.82, 2.24) is 24.7 Å². The Kier molecular flexibility index (Phi) is 8.62. The molecule has 2 aromatic rings. The van der Waals surface area contributed by atoms with Crippen LogP contribution in [0, 0.1) is 10.2 Å². The molecule has 13 heteroatoms. The molecule has 1 N–H and O–H groups in total. The molecule has 0 saturated carbocycles. The van der Waals surface area contributed by atoms with Gasteiger partial charge in [-0.3, -0.25) is 19.6 Å². The summed E-state index contributed by atoms with van der Waals surface area (Å²) in [4.78, 5) is 38.8. The number of allylic oxidation sites excluding steroid dienone is 1. The minimum atomic E-state index is -4.69. The number of pyridine rings is 2. The summed E-state index contributed by atoms with van der Waals surface area (Å²) in [5.41, 5.74) is 3.72. The molecule has 0 aromatic carbocycles. The number of Topliss-reactive ketones (excluding diaryl/α,β-unsaturated/α-hetero) is 1. The molecule has 0 bridgehead atoms. The summed E-state index contributed by atoms with van der Waals surface area (Å²) < 4.78 is 32.7. The van der Waals surface area contributed by atoms with Crippen LogP contribution in [0.5, 0.6) is 0 Å². The summed E-state index contributed by atoms with van der Waals surface area (Å²) in [6.45, 7) is 5.41. The Morgan fingerprint density at radius 3 is 1.54 bits per heavy atom. The van der Waals surface area contributed by atoms with Gasteiger partial charge in [0.15, 0.2) is 0 Å². The Morgan fingerprint density at radius 1 is 0.743 bits per heavy atom. The van der Waals surface area contributed by atoms with Crippen LogP contribution in [0.4, 0.5) is 0 Å². The van der Waals surface area contributed by atoms with E-state index >= 15 is 0 Å². The van der Waals surface area contributed by atoms with Gasteiger partial charge in [0.1, 0.15) is 11.4 Å². The third-order valence-electron chi connectivity index (χ3n) is 5.08. The fourth-order valence-electron chi connectivity index (χ4n) is 3.30. The Bertz CT molecular complexity index is 1070. The summed E-state index contributed by atoms with van der Waals surface area (Å²) in [5.74, 6) is 0.0485. The van der Waals surface area contributed by atoms with Gasteiger partial charge in [-0.2, -0.15) is 14.0 Å². The molecule has 0 amide bonds. The fourth-order valence-corrected chi connectivity index (χ4v) is 3.30. The molecule has 5 heterocycles. The van der Waals surface area contributed by atoms with Crippen molar-refractivity contribution in [3.8, 4) is 11.4 Å². The number of rotatable bonds is 4. The van der Waals surface area contributed by atoms with E-state index in [9.17, 15) is 9.59 Å². The first kappa shape index (κ1) is 26.8. The van der Waals surface area contributed by atoms with Crippen LogP contribution in [0.25, 0.3) is 11.4 Å². The molecule has 4 aliphatic rings. The van der Waals surface area contributed by atoms with Crippen LogP contribution in [0.1, 0.15) is 0 Å². The molecule has 1 aliphatic carbocycles. The predicted molar refractivity (Wildman–Crippen MR) is 110 cm³/mol. The van der Waals surface area contributed by atoms with Gasteiger partial charge in [0, 0.05) is 74.8 Å². The van der Waals surface area contributed by atoms with Crippen molar-refractivity contribution in [2.45, 2.75) is 0 Å². The van der Waals surface area contributed by atoms with Gasteiger partial charge in [-0.1, -0.05) is 12.1 Å². The molecule has 0 spiro atoms. The third kappa shape index (κ3) is 7.84. The standard InChI is InChI=1S/C12H13N3O2.C10H8N2.ClHO4.Fe/c16-9-7-8(13-1-2-13)12(17)11(15-5-6-15)10(9)14-3-4-14;1-3-7-11-9(5-1)10-6-2-4-8-12-10;2-1(3,4)5;/h7H,1-6H2;1-8H;(H,2,3,4,5);. The first-order valence-electron chi connectivity index (χ1n) is 10.5. The quantitative estimate of drug-likeness (QED) is 0.241. The van der Waals surface area contributed by atoms with Crippen molar-refractivity contribution >= 4 is 11.6 Å². The number of halogens is 1. The van der Waals surface area contributed by atoms with Crippen LogP contribution in [0.15, 0.2) is 72.0 Å². The zero-order chi connectivity index (χ0) is 24.3. The summed E-state index contributed by atoms with van der Waals surface area (Å²) in [6, 6.07) is 11.6. The predicted octanol–water partition coefficient (Wildman–Crippen LogP) is -2.80. The van der Waals surface area contributed by atoms with Crippen LogP contribution in [0.3, 0.4) is 0 Å². The van der Waals surface area contributed by atoms with Crippen LogP contribution in [-0.2, 0) is 26.7 Å². The molecule has 35 heavy (non-hydrogen) atoms. The van der Waals surface area contributed by atoms with Crippen molar-refractivity contribution in [1.29, 1.82) is 0 Å². The van der Waals surface area contributed by atoms with Gasteiger partial charge < -0.3 is 14.7 Å². The number of ketones is 2. The number of carbonyl (C=O) groups is 2. The topological polar surface area (TPSA) is 158 Å². The van der Waals surface area contributed by atoms with Gasteiger partial charge in [-0.25, -0.2) is 0 Å². The van der Waals surface area contributed by atoms with Gasteiger partial charge in [0.25, 0.3) is 0 Å². The largest absolute Gasteiger partial charge is 0.365 e. The van der Waals surface area contributed by atoms with Gasteiger partial charge in [-0.05, 0) is 24.3 Å². The van der Waals surface area contributed by atoms with Crippen molar-refractivity contribution in [2.24, 2.45) is 0 Å². The molecule has 3 fully saturated rings. The van der Waals surface area contributed by atoms with E-state index in [0.29, 0.717) is 17.1 Å². The first-order valence-corrected chi connectivity index (χ1v) is 11.7. The second-order valence-corrected chi connectivity index (χ2v) is 8.50. The molecule has 6 rings (SSSR count). The van der Waals surface area contributed by atoms with E-state index in [2.05, 4.69) is 9.97 Å². The maximum absolute atomic E-state index is 12.4. The first-order chi connectivity index (χ1) is 16.2. The second kappa shape index (κ2) is 11.3. The van der Waals surface area contributed by atoms with Gasteiger partial charge >= 0.3 is 0 Å². The Balaban J connectivity index is 0.000000167. The van der Waals surface area contributed by atoms with Gasteiger partial charge in [0.2, 0.25) is 11.6 Å². The molecule has 11 nitrogen and oxygen atoms in total. The van der Waals surface area contributed by atoms with E-state index in [1.54, 1.807) is 12.4 Å². The van der Waals surface area contributed by atoms with E-state index < -0.39 is 10.2 Å². The summed E-state index contributed by atoms with van der Waals surface area (Å²) >= 11 is 0. The molecule has 3 saturated heterocycles. The Morgan fingerprint density at radius 2 is 1.17 bits per heavy atom. The molecule has 0 atom stereocenters. The van der Waals surface area contributed by atoms with Crippen LogP contribution in [-0.4, -0.2) is 80.2 Å². The number of nitrogens with zero attached hydrogens (tertiary/aromatic N) is 5. The SMILES string of the molecule is O=C1C=C(N2CC2)C(=O)C(N2CC2)=C1N1CC1.[Fe].[O-][Cl+3]([O-])([O-])O.c1ccc(-c2ccccn2)nc1. The average Bonchev–Trinajstić information content (AvgIpc) is 3.62. The molecule has 186 valence electrons. The maximum Gasteiger partial charge on any atom is 0.227 e. The van der Waals surface area contributed by atoms with Crippen molar-refractivity contribution < 1.29 is 55.5 Å². The van der Waals surface area contributed by atoms with E-state index in [4.69, 9.17) is 18.6 Å². The van der Waals surface area contributed by atoms with Crippen molar-refractivity contribution in [2.75, 3.05) is 39.3 Å². The normalized spacial score (nSPS) is 17.9. The molecular formula is C22H22ClFeN5O6. The minimum absolute atomic E-state index is 0. The smallest absolute Gasteiger partial charge is 0.227 e. The van der Waals surface area contributed by atoms with Crippen LogP contribution in [0.2, 0.25) is 0 Å². The van der Waals surface area contributed by atoms with Crippen LogP contribution < -0.4 is 14.0 Å². The van der Waals surface area contributed by atoms with Gasteiger partial charge in [-0.15, -0.1) is 0 Å². The monoisotopic (exact) mass is 543 g/mol. The minimum Gasteiger partial charge on any atom is -0.365 e. The second-order valence-electron chi connectivity index (χ2n) is 7.71. The number of hydrogen-bond acceptors (Lipinski definition) is 11. The van der Waals surface area contributed by atoms with Crippen LogP contribution >= 0.6 is 0 Å². The number of hydrogen-bond donors (Lipinski definition) is 1.